The van der Waals surface area contributed by atoms with Crippen LogP contribution in [0.2, 0.25) is 0 Å². The third-order valence-corrected chi connectivity index (χ3v) is 7.15. The Morgan fingerprint density at radius 1 is 0.968 bits per heavy atom. The van der Waals surface area contributed by atoms with E-state index >= 15 is 0 Å². The minimum absolute atomic E-state index is 0.0546. The van der Waals surface area contributed by atoms with Crippen molar-refractivity contribution in [3.8, 4) is 11.5 Å². The highest BCUT2D eigenvalue weighted by Crippen LogP contribution is 2.36. The maximum atomic E-state index is 13.2. The zero-order valence-corrected chi connectivity index (χ0v) is 17.8. The van der Waals surface area contributed by atoms with Gasteiger partial charge in [0.25, 0.3) is 5.91 Å². The van der Waals surface area contributed by atoms with Crippen LogP contribution in [0.25, 0.3) is 0 Å². The van der Waals surface area contributed by atoms with Crippen molar-refractivity contribution in [1.29, 1.82) is 0 Å². The Hall–Kier alpha value is -2.61. The fourth-order valence-corrected chi connectivity index (χ4v) is 5.38. The predicted molar refractivity (Wildman–Crippen MR) is 112 cm³/mol. The number of hydrogen-bond acceptors (Lipinski definition) is 5. The number of quaternary nitrogens is 1. The number of hydrogen-bond donors (Lipinski definition) is 1. The van der Waals surface area contributed by atoms with E-state index in [2.05, 4.69) is 0 Å². The van der Waals surface area contributed by atoms with E-state index in [1.54, 1.807) is 18.2 Å². The summed E-state index contributed by atoms with van der Waals surface area (Å²) in [5.74, 6) is 1.19. The van der Waals surface area contributed by atoms with E-state index in [1.807, 2.05) is 4.90 Å². The first-order valence-electron chi connectivity index (χ1n) is 11.5. The van der Waals surface area contributed by atoms with Crippen LogP contribution < -0.4 is 19.3 Å². The molecule has 5 rings (SSSR count). The summed E-state index contributed by atoms with van der Waals surface area (Å²) < 4.78 is 10.7. The van der Waals surface area contributed by atoms with Gasteiger partial charge in [0.1, 0.15) is 0 Å². The number of rotatable bonds is 3. The van der Waals surface area contributed by atoms with Crippen molar-refractivity contribution in [3.63, 3.8) is 0 Å². The summed E-state index contributed by atoms with van der Waals surface area (Å²) in [6.07, 6.45) is 6.41. The molecule has 0 bridgehead atoms. The first-order chi connectivity index (χ1) is 15.1. The first-order valence-corrected chi connectivity index (χ1v) is 11.5. The van der Waals surface area contributed by atoms with Gasteiger partial charge in [-0.25, -0.2) is 4.90 Å². The topological polar surface area (TPSA) is 80.6 Å². The quantitative estimate of drug-likeness (QED) is 0.719. The minimum Gasteiger partial charge on any atom is -0.454 e. The molecule has 166 valence electrons. The lowest BCUT2D eigenvalue weighted by Gasteiger charge is -2.33. The van der Waals surface area contributed by atoms with E-state index in [0.29, 0.717) is 17.2 Å². The first kappa shape index (κ1) is 20.3. The van der Waals surface area contributed by atoms with Gasteiger partial charge in [0.2, 0.25) is 18.6 Å². The molecule has 8 heteroatoms. The maximum absolute atomic E-state index is 13.2. The van der Waals surface area contributed by atoms with Crippen LogP contribution in [0.1, 0.15) is 44.9 Å². The second-order valence-electron chi connectivity index (χ2n) is 9.03. The van der Waals surface area contributed by atoms with Crippen LogP contribution in [0.3, 0.4) is 0 Å². The van der Waals surface area contributed by atoms with Gasteiger partial charge < -0.3 is 19.3 Å². The molecule has 8 nitrogen and oxygen atoms in total. The number of ether oxygens (including phenoxy) is 2. The summed E-state index contributed by atoms with van der Waals surface area (Å²) in [6.45, 7) is 3.42. The number of imide groups is 1. The number of fused-ring (bicyclic) bond motifs is 1. The van der Waals surface area contributed by atoms with Crippen molar-refractivity contribution in [2.75, 3.05) is 37.9 Å². The predicted octanol–water partition coefficient (Wildman–Crippen LogP) is 0.745. The maximum Gasteiger partial charge on any atom is 0.292 e. The summed E-state index contributed by atoms with van der Waals surface area (Å²) >= 11 is 0. The molecule has 0 aromatic heterocycles. The average Bonchev–Trinajstić information content (AvgIpc) is 3.25. The number of carbonyl (C=O) groups excluding carboxylic acids is 3. The molecule has 1 aromatic rings. The van der Waals surface area contributed by atoms with Gasteiger partial charge in [-0.05, 0) is 25.0 Å². The molecule has 1 N–H and O–H groups in total. The number of piperidine rings is 1. The molecule has 0 spiro atoms. The van der Waals surface area contributed by atoms with Crippen molar-refractivity contribution >= 4 is 23.4 Å². The Labute approximate surface area is 182 Å². The molecule has 0 unspecified atom stereocenters. The molecular weight excluding hydrogens is 398 g/mol. The molecule has 4 heterocycles. The van der Waals surface area contributed by atoms with Crippen molar-refractivity contribution in [1.82, 2.24) is 4.90 Å². The van der Waals surface area contributed by atoms with Gasteiger partial charge in [0.05, 0.1) is 25.2 Å². The molecule has 4 aliphatic rings. The van der Waals surface area contributed by atoms with Gasteiger partial charge in [0, 0.05) is 37.9 Å². The van der Waals surface area contributed by atoms with Crippen LogP contribution in [-0.4, -0.2) is 61.6 Å². The van der Waals surface area contributed by atoms with Gasteiger partial charge >= 0.3 is 0 Å². The Kier molecular flexibility index (Phi) is 5.56. The summed E-state index contributed by atoms with van der Waals surface area (Å²) in [7, 11) is 0. The number of anilines is 1. The van der Waals surface area contributed by atoms with Crippen LogP contribution in [-0.2, 0) is 14.4 Å². The summed E-state index contributed by atoms with van der Waals surface area (Å²) in [6, 6.07) is 4.79. The normalized spacial score (nSPS) is 28.7. The third-order valence-electron chi connectivity index (χ3n) is 7.15. The lowest BCUT2D eigenvalue weighted by molar-refractivity contribution is -0.920. The van der Waals surface area contributed by atoms with Crippen molar-refractivity contribution in [3.05, 3.63) is 18.2 Å². The van der Waals surface area contributed by atoms with Gasteiger partial charge in [-0.3, -0.25) is 14.4 Å². The fraction of sp³-hybridized carbons (Fsp3) is 0.609. The SMILES string of the molecule is O=C(C1CC[NH+]([C@H]2CC(=O)N(c3ccc4c(c3)OCO4)C2=O)CC1)N1CCCCCC1. The van der Waals surface area contributed by atoms with E-state index in [4.69, 9.17) is 9.47 Å². The van der Waals surface area contributed by atoms with Crippen molar-refractivity contribution < 1.29 is 28.8 Å². The van der Waals surface area contributed by atoms with Gasteiger partial charge in [-0.1, -0.05) is 12.8 Å². The van der Waals surface area contributed by atoms with E-state index in [-0.39, 0.29) is 42.9 Å². The lowest BCUT2D eigenvalue weighted by Crippen LogP contribution is -3.17. The van der Waals surface area contributed by atoms with E-state index in [0.717, 1.165) is 56.8 Å². The van der Waals surface area contributed by atoms with Gasteiger partial charge in [-0.15, -0.1) is 0 Å². The largest absolute Gasteiger partial charge is 0.454 e. The highest BCUT2D eigenvalue weighted by atomic mass is 16.7. The van der Waals surface area contributed by atoms with E-state index < -0.39 is 0 Å². The van der Waals surface area contributed by atoms with Crippen LogP contribution >= 0.6 is 0 Å². The minimum atomic E-state index is -0.368. The fourth-order valence-electron chi connectivity index (χ4n) is 5.38. The van der Waals surface area contributed by atoms with Gasteiger partial charge in [0.15, 0.2) is 17.5 Å². The van der Waals surface area contributed by atoms with E-state index in [9.17, 15) is 14.4 Å². The lowest BCUT2D eigenvalue weighted by atomic mass is 9.94. The Balaban J connectivity index is 1.21. The van der Waals surface area contributed by atoms with E-state index in [1.165, 1.54) is 17.7 Å². The van der Waals surface area contributed by atoms with Crippen LogP contribution in [0.5, 0.6) is 11.5 Å². The molecular formula is C23H30N3O5+. The molecule has 0 radical (unpaired) electrons. The standard InChI is InChI=1S/C23H29N3O5/c27-21-14-18(23(29)26(21)17-5-6-19-20(13-17)31-15-30-19)24-11-7-16(8-12-24)22(28)25-9-3-1-2-4-10-25/h5-6,13,16,18H,1-4,7-12,14-15H2/p+1/t18-/m0/s1. The van der Waals surface area contributed by atoms with Crippen LogP contribution in [0.4, 0.5) is 5.69 Å². The molecule has 3 amide bonds. The number of nitrogens with one attached hydrogen (secondary N) is 1. The Bertz CT molecular complexity index is 872. The van der Waals surface area contributed by atoms with Crippen molar-refractivity contribution in [2.24, 2.45) is 5.92 Å². The Morgan fingerprint density at radius 2 is 1.68 bits per heavy atom. The summed E-state index contributed by atoms with van der Waals surface area (Å²) in [4.78, 5) is 43.3. The molecule has 31 heavy (non-hydrogen) atoms. The molecule has 0 aliphatic carbocycles. The summed E-state index contributed by atoms with van der Waals surface area (Å²) in [5.41, 5.74) is 0.535. The highest BCUT2D eigenvalue weighted by Gasteiger charge is 2.47. The number of nitrogens with zero attached hydrogens (tertiary/aromatic N) is 2. The van der Waals surface area contributed by atoms with Crippen LogP contribution in [0.15, 0.2) is 18.2 Å². The monoisotopic (exact) mass is 428 g/mol. The molecule has 4 aliphatic heterocycles. The van der Waals surface area contributed by atoms with Gasteiger partial charge in [-0.2, -0.15) is 0 Å². The second kappa shape index (κ2) is 8.49. The summed E-state index contributed by atoms with van der Waals surface area (Å²) in [5, 5.41) is 0. The molecule has 1 aromatic carbocycles. The third kappa shape index (κ3) is 3.89. The zero-order chi connectivity index (χ0) is 21.4. The average molecular weight is 429 g/mol. The van der Waals surface area contributed by atoms with Crippen LogP contribution in [0, 0.1) is 5.92 Å². The second-order valence-corrected chi connectivity index (χ2v) is 9.03. The number of amides is 3. The number of carbonyl (C=O) groups is 3. The molecule has 3 fully saturated rings. The molecule has 0 saturated carbocycles. The number of benzene rings is 1. The smallest absolute Gasteiger partial charge is 0.292 e. The Morgan fingerprint density at radius 3 is 2.42 bits per heavy atom. The zero-order valence-electron chi connectivity index (χ0n) is 17.8. The highest BCUT2D eigenvalue weighted by molar-refractivity contribution is 6.22. The molecule has 1 atom stereocenters. The van der Waals surface area contributed by atoms with Crippen molar-refractivity contribution in [2.45, 2.75) is 51.0 Å². The number of likely N-dealkylation sites (tertiary alicyclic amines) is 2. The molecule has 3 saturated heterocycles.